The van der Waals surface area contributed by atoms with Crippen LogP contribution in [0, 0.1) is 11.3 Å². The first kappa shape index (κ1) is 13.5. The third kappa shape index (κ3) is 3.11. The third-order valence-corrected chi connectivity index (χ3v) is 2.94. The Kier molecular flexibility index (Phi) is 4.16. The molecule has 2 aromatic rings. The second-order valence-corrected chi connectivity index (χ2v) is 4.50. The van der Waals surface area contributed by atoms with Gasteiger partial charge in [-0.05, 0) is 30.3 Å². The van der Waals surface area contributed by atoms with E-state index in [-0.39, 0.29) is 0 Å². The molecule has 2 aromatic carbocycles. The van der Waals surface area contributed by atoms with Gasteiger partial charge in [0.2, 0.25) is 0 Å². The van der Waals surface area contributed by atoms with Gasteiger partial charge in [0, 0.05) is 11.1 Å². The van der Waals surface area contributed by atoms with E-state index in [0.29, 0.717) is 32.9 Å². The first-order valence-electron chi connectivity index (χ1n) is 5.35. The Morgan fingerprint density at radius 2 is 1.74 bits per heavy atom. The van der Waals surface area contributed by atoms with E-state index >= 15 is 0 Å². The summed E-state index contributed by atoms with van der Waals surface area (Å²) in [5.41, 5.74) is 0.492. The highest BCUT2D eigenvalue weighted by Gasteiger charge is 2.09. The van der Waals surface area contributed by atoms with Crippen LogP contribution in [0.5, 0.6) is 17.2 Å². The summed E-state index contributed by atoms with van der Waals surface area (Å²) < 4.78 is 10.8. The Hall–Kier alpha value is -1.89. The molecule has 0 aromatic heterocycles. The molecular formula is C14H9Cl2NO2. The van der Waals surface area contributed by atoms with E-state index in [4.69, 9.17) is 37.9 Å². The minimum Gasteiger partial charge on any atom is -0.493 e. The number of methoxy groups -OCH3 is 1. The topological polar surface area (TPSA) is 42.2 Å². The maximum Gasteiger partial charge on any atom is 0.169 e. The summed E-state index contributed by atoms with van der Waals surface area (Å²) in [5, 5.41) is 9.76. The lowest BCUT2D eigenvalue weighted by molar-refractivity contribution is 0.379. The minimum atomic E-state index is 0.402. The summed E-state index contributed by atoms with van der Waals surface area (Å²) >= 11 is 11.8. The van der Waals surface area contributed by atoms with Gasteiger partial charge in [-0.15, -0.1) is 0 Å². The Bertz CT molecular complexity index is 650. The smallest absolute Gasteiger partial charge is 0.169 e. The highest BCUT2D eigenvalue weighted by Crippen LogP contribution is 2.36. The van der Waals surface area contributed by atoms with Crippen molar-refractivity contribution in [3.8, 4) is 23.3 Å². The first-order chi connectivity index (χ1) is 9.13. The van der Waals surface area contributed by atoms with Gasteiger partial charge < -0.3 is 9.47 Å². The molecule has 0 spiro atoms. The second kappa shape index (κ2) is 5.83. The molecule has 19 heavy (non-hydrogen) atoms. The van der Waals surface area contributed by atoms with Crippen molar-refractivity contribution in [2.75, 3.05) is 7.11 Å². The maximum absolute atomic E-state index is 8.83. The van der Waals surface area contributed by atoms with Crippen molar-refractivity contribution in [2.45, 2.75) is 0 Å². The van der Waals surface area contributed by atoms with Crippen LogP contribution >= 0.6 is 23.2 Å². The summed E-state index contributed by atoms with van der Waals surface area (Å²) in [5.74, 6) is 1.41. The molecule has 0 aliphatic heterocycles. The first-order valence-corrected chi connectivity index (χ1v) is 6.10. The lowest BCUT2D eigenvalue weighted by atomic mass is 10.2. The fraction of sp³-hybridized carbons (Fsp3) is 0.0714. The molecule has 0 saturated carbocycles. The van der Waals surface area contributed by atoms with Gasteiger partial charge in [-0.25, -0.2) is 0 Å². The lowest BCUT2D eigenvalue weighted by Gasteiger charge is -2.11. The van der Waals surface area contributed by atoms with Gasteiger partial charge in [0.05, 0.1) is 23.8 Å². The van der Waals surface area contributed by atoms with Crippen LogP contribution in [0.25, 0.3) is 0 Å². The van der Waals surface area contributed by atoms with Crippen molar-refractivity contribution < 1.29 is 9.47 Å². The van der Waals surface area contributed by atoms with Crippen LogP contribution in [-0.4, -0.2) is 7.11 Å². The molecule has 0 atom stereocenters. The van der Waals surface area contributed by atoms with Crippen molar-refractivity contribution in [1.82, 2.24) is 0 Å². The van der Waals surface area contributed by atoms with E-state index < -0.39 is 0 Å². The summed E-state index contributed by atoms with van der Waals surface area (Å²) in [7, 11) is 1.51. The quantitative estimate of drug-likeness (QED) is 0.826. The Morgan fingerprint density at radius 3 is 2.37 bits per heavy atom. The molecule has 0 radical (unpaired) electrons. The largest absolute Gasteiger partial charge is 0.493 e. The predicted molar refractivity (Wildman–Crippen MR) is 74.2 cm³/mol. The fourth-order valence-electron chi connectivity index (χ4n) is 1.50. The molecule has 0 heterocycles. The molecule has 3 nitrogen and oxygen atoms in total. The van der Waals surface area contributed by atoms with E-state index in [1.54, 1.807) is 36.4 Å². The molecule has 0 unspecified atom stereocenters. The van der Waals surface area contributed by atoms with E-state index in [9.17, 15) is 0 Å². The number of halogens is 2. The molecule has 0 aliphatic rings. The molecule has 0 amide bonds. The van der Waals surface area contributed by atoms with Crippen molar-refractivity contribution in [2.24, 2.45) is 0 Å². The van der Waals surface area contributed by atoms with Crippen LogP contribution in [0.4, 0.5) is 0 Å². The van der Waals surface area contributed by atoms with Crippen molar-refractivity contribution in [3.63, 3.8) is 0 Å². The van der Waals surface area contributed by atoms with E-state index in [1.165, 1.54) is 7.11 Å². The molecule has 2 rings (SSSR count). The van der Waals surface area contributed by atoms with Crippen LogP contribution in [-0.2, 0) is 0 Å². The number of nitrogens with zero attached hydrogens (tertiary/aromatic N) is 1. The van der Waals surface area contributed by atoms with Gasteiger partial charge in [-0.2, -0.15) is 5.26 Å². The van der Waals surface area contributed by atoms with E-state index in [0.717, 1.165) is 0 Å². The summed E-state index contributed by atoms with van der Waals surface area (Å²) in [6.07, 6.45) is 0. The number of nitriles is 1. The van der Waals surface area contributed by atoms with Gasteiger partial charge in [-0.1, -0.05) is 23.2 Å². The molecule has 0 saturated heterocycles. The highest BCUT2D eigenvalue weighted by molar-refractivity contribution is 6.35. The molecule has 96 valence electrons. The second-order valence-electron chi connectivity index (χ2n) is 3.65. The molecule has 5 heteroatoms. The van der Waals surface area contributed by atoms with Gasteiger partial charge in [0.1, 0.15) is 5.75 Å². The van der Waals surface area contributed by atoms with Crippen molar-refractivity contribution >= 4 is 23.2 Å². The van der Waals surface area contributed by atoms with E-state index in [2.05, 4.69) is 0 Å². The summed E-state index contributed by atoms with van der Waals surface area (Å²) in [4.78, 5) is 0. The van der Waals surface area contributed by atoms with Crippen LogP contribution in [0.3, 0.4) is 0 Å². The van der Waals surface area contributed by atoms with Crippen molar-refractivity contribution in [1.29, 1.82) is 5.26 Å². The number of hydrogen-bond acceptors (Lipinski definition) is 3. The molecule has 0 aliphatic carbocycles. The Balaban J connectivity index is 2.35. The van der Waals surface area contributed by atoms with Gasteiger partial charge in [0.25, 0.3) is 0 Å². The summed E-state index contributed by atoms with van der Waals surface area (Å²) in [6.45, 7) is 0. The standard InChI is InChI=1S/C14H9Cl2NO2/c1-18-14-6-9(8-17)2-4-13(14)19-12-5-3-10(15)7-11(12)16/h2-7H,1H3. The van der Waals surface area contributed by atoms with Crippen LogP contribution < -0.4 is 9.47 Å². The maximum atomic E-state index is 8.83. The third-order valence-electron chi connectivity index (χ3n) is 2.41. The highest BCUT2D eigenvalue weighted by atomic mass is 35.5. The number of ether oxygens (including phenoxy) is 2. The average molecular weight is 294 g/mol. The van der Waals surface area contributed by atoms with Gasteiger partial charge in [0.15, 0.2) is 11.5 Å². The zero-order valence-corrected chi connectivity index (χ0v) is 11.5. The van der Waals surface area contributed by atoms with Crippen LogP contribution in [0.15, 0.2) is 36.4 Å². The molecule has 0 bridgehead atoms. The van der Waals surface area contributed by atoms with E-state index in [1.807, 2.05) is 6.07 Å². The predicted octanol–water partition coefficient (Wildman–Crippen LogP) is 4.67. The van der Waals surface area contributed by atoms with Gasteiger partial charge in [-0.3, -0.25) is 0 Å². The number of rotatable bonds is 3. The molecule has 0 N–H and O–H groups in total. The molecular weight excluding hydrogens is 285 g/mol. The fourth-order valence-corrected chi connectivity index (χ4v) is 1.94. The molecule has 0 fully saturated rings. The Morgan fingerprint density at radius 1 is 1.00 bits per heavy atom. The van der Waals surface area contributed by atoms with Crippen LogP contribution in [0.2, 0.25) is 10.0 Å². The lowest BCUT2D eigenvalue weighted by Crippen LogP contribution is -1.91. The van der Waals surface area contributed by atoms with Crippen LogP contribution in [0.1, 0.15) is 5.56 Å². The average Bonchev–Trinajstić information content (AvgIpc) is 2.42. The van der Waals surface area contributed by atoms with Gasteiger partial charge >= 0.3 is 0 Å². The summed E-state index contributed by atoms with van der Waals surface area (Å²) in [6, 6.07) is 11.9. The SMILES string of the molecule is COc1cc(C#N)ccc1Oc1ccc(Cl)cc1Cl. The van der Waals surface area contributed by atoms with Crippen molar-refractivity contribution in [3.05, 3.63) is 52.0 Å². The monoisotopic (exact) mass is 293 g/mol. The zero-order valence-electron chi connectivity index (χ0n) is 9.98. The normalized spacial score (nSPS) is 9.79. The zero-order chi connectivity index (χ0) is 13.8. The number of hydrogen-bond donors (Lipinski definition) is 0. The number of benzene rings is 2. The minimum absolute atomic E-state index is 0.402. The Labute approximate surface area is 120 Å².